The third-order valence-electron chi connectivity index (χ3n) is 4.75. The number of carbonyl (C=O) groups excluding carboxylic acids is 1. The number of hydrogen-bond donors (Lipinski definition) is 0. The molecule has 0 fully saturated rings. The molecule has 0 aliphatic rings. The van der Waals surface area contributed by atoms with E-state index in [1.165, 1.54) is 0 Å². The van der Waals surface area contributed by atoms with Crippen molar-refractivity contribution in [2.24, 2.45) is 0 Å². The molecule has 30 heavy (non-hydrogen) atoms. The SMILES string of the molecule is COc1cc(OC)cc(C(=O)N(C/C(C)=C/c2ccccc2)Cc2ccccc2)c1. The van der Waals surface area contributed by atoms with Crippen LogP contribution in [0.5, 0.6) is 11.5 Å². The van der Waals surface area contributed by atoms with Crippen molar-refractivity contribution < 1.29 is 14.3 Å². The molecule has 1 amide bonds. The number of amides is 1. The number of ether oxygens (including phenoxy) is 2. The third kappa shape index (κ3) is 5.74. The van der Waals surface area contributed by atoms with Gasteiger partial charge < -0.3 is 14.4 Å². The standard InChI is InChI=1S/C26H27NO3/c1-20(14-21-10-6-4-7-11-21)18-27(19-22-12-8-5-9-13-22)26(28)23-15-24(29-2)17-25(16-23)30-3/h4-17H,18-19H2,1-3H3/b20-14+. The summed E-state index contributed by atoms with van der Waals surface area (Å²) in [7, 11) is 3.16. The summed E-state index contributed by atoms with van der Waals surface area (Å²) in [5.74, 6) is 1.11. The van der Waals surface area contributed by atoms with Gasteiger partial charge in [0.15, 0.2) is 0 Å². The van der Waals surface area contributed by atoms with Crippen LogP contribution < -0.4 is 9.47 Å². The van der Waals surface area contributed by atoms with Crippen LogP contribution in [-0.2, 0) is 6.54 Å². The second-order valence-corrected chi connectivity index (χ2v) is 7.15. The Balaban J connectivity index is 1.90. The Morgan fingerprint density at radius 3 is 2.00 bits per heavy atom. The number of hydrogen-bond acceptors (Lipinski definition) is 3. The zero-order valence-corrected chi connectivity index (χ0v) is 17.7. The molecule has 0 spiro atoms. The fourth-order valence-corrected chi connectivity index (χ4v) is 3.30. The van der Waals surface area contributed by atoms with E-state index in [4.69, 9.17) is 9.47 Å². The molecule has 0 aliphatic carbocycles. The molecule has 4 heteroatoms. The van der Waals surface area contributed by atoms with Gasteiger partial charge in [0, 0.05) is 24.7 Å². The smallest absolute Gasteiger partial charge is 0.254 e. The first-order valence-corrected chi connectivity index (χ1v) is 9.87. The van der Waals surface area contributed by atoms with E-state index in [0.29, 0.717) is 30.2 Å². The van der Waals surface area contributed by atoms with E-state index in [-0.39, 0.29) is 5.91 Å². The van der Waals surface area contributed by atoms with Crippen LogP contribution >= 0.6 is 0 Å². The lowest BCUT2D eigenvalue weighted by Crippen LogP contribution is -2.32. The van der Waals surface area contributed by atoms with Gasteiger partial charge in [-0.25, -0.2) is 0 Å². The first kappa shape index (κ1) is 21.2. The van der Waals surface area contributed by atoms with E-state index in [1.54, 1.807) is 32.4 Å². The van der Waals surface area contributed by atoms with Crippen molar-refractivity contribution in [3.8, 4) is 11.5 Å². The number of carbonyl (C=O) groups is 1. The Morgan fingerprint density at radius 2 is 1.43 bits per heavy atom. The lowest BCUT2D eigenvalue weighted by atomic mass is 10.1. The Bertz CT molecular complexity index is 975. The van der Waals surface area contributed by atoms with Crippen LogP contribution in [0.4, 0.5) is 0 Å². The van der Waals surface area contributed by atoms with E-state index in [9.17, 15) is 4.79 Å². The van der Waals surface area contributed by atoms with Crippen LogP contribution in [-0.4, -0.2) is 31.6 Å². The van der Waals surface area contributed by atoms with Crippen molar-refractivity contribution >= 4 is 12.0 Å². The summed E-state index contributed by atoms with van der Waals surface area (Å²) < 4.78 is 10.7. The number of benzene rings is 3. The fourth-order valence-electron chi connectivity index (χ4n) is 3.30. The largest absolute Gasteiger partial charge is 0.497 e. The average Bonchev–Trinajstić information content (AvgIpc) is 2.79. The van der Waals surface area contributed by atoms with Gasteiger partial charge in [0.25, 0.3) is 5.91 Å². The highest BCUT2D eigenvalue weighted by atomic mass is 16.5. The quantitative estimate of drug-likeness (QED) is 0.504. The molecule has 4 nitrogen and oxygen atoms in total. The van der Waals surface area contributed by atoms with E-state index in [0.717, 1.165) is 16.7 Å². The van der Waals surface area contributed by atoms with E-state index < -0.39 is 0 Å². The fraction of sp³-hybridized carbons (Fsp3) is 0.192. The van der Waals surface area contributed by atoms with Gasteiger partial charge in [-0.2, -0.15) is 0 Å². The molecule has 0 aliphatic heterocycles. The highest BCUT2D eigenvalue weighted by Crippen LogP contribution is 2.24. The first-order valence-electron chi connectivity index (χ1n) is 9.87. The van der Waals surface area contributed by atoms with Gasteiger partial charge in [-0.15, -0.1) is 0 Å². The summed E-state index contributed by atoms with van der Waals surface area (Å²) in [6.45, 7) is 3.08. The van der Waals surface area contributed by atoms with Gasteiger partial charge in [0.05, 0.1) is 14.2 Å². The van der Waals surface area contributed by atoms with E-state index >= 15 is 0 Å². The van der Waals surface area contributed by atoms with Gasteiger partial charge >= 0.3 is 0 Å². The first-order chi connectivity index (χ1) is 14.6. The van der Waals surface area contributed by atoms with Crippen molar-refractivity contribution in [2.75, 3.05) is 20.8 Å². The van der Waals surface area contributed by atoms with Crippen molar-refractivity contribution in [1.82, 2.24) is 4.90 Å². The molecule has 3 aromatic rings. The molecule has 0 aromatic heterocycles. The van der Waals surface area contributed by atoms with Crippen LogP contribution in [0.2, 0.25) is 0 Å². The number of nitrogens with zero attached hydrogens (tertiary/aromatic N) is 1. The van der Waals surface area contributed by atoms with Gasteiger partial charge in [-0.05, 0) is 30.2 Å². The third-order valence-corrected chi connectivity index (χ3v) is 4.75. The predicted octanol–water partition coefficient (Wildman–Crippen LogP) is 5.45. The van der Waals surface area contributed by atoms with Crippen LogP contribution in [0.3, 0.4) is 0 Å². The van der Waals surface area contributed by atoms with E-state index in [1.807, 2.05) is 60.4 Å². The van der Waals surface area contributed by atoms with Crippen molar-refractivity contribution in [1.29, 1.82) is 0 Å². The van der Waals surface area contributed by atoms with Crippen molar-refractivity contribution in [2.45, 2.75) is 13.5 Å². The van der Waals surface area contributed by atoms with Crippen molar-refractivity contribution in [3.63, 3.8) is 0 Å². The minimum atomic E-state index is -0.0723. The molecule has 0 bridgehead atoms. The van der Waals surface area contributed by atoms with Crippen LogP contribution in [0, 0.1) is 0 Å². The van der Waals surface area contributed by atoms with Gasteiger partial charge in [0.1, 0.15) is 11.5 Å². The van der Waals surface area contributed by atoms with Crippen LogP contribution in [0.25, 0.3) is 6.08 Å². The maximum absolute atomic E-state index is 13.5. The molecule has 3 aromatic carbocycles. The molecular formula is C26H27NO3. The monoisotopic (exact) mass is 401 g/mol. The molecule has 0 heterocycles. The molecule has 0 radical (unpaired) electrons. The van der Waals surface area contributed by atoms with Gasteiger partial charge in [-0.1, -0.05) is 72.3 Å². The van der Waals surface area contributed by atoms with Gasteiger partial charge in [-0.3, -0.25) is 4.79 Å². The molecule has 0 atom stereocenters. The number of methoxy groups -OCH3 is 2. The summed E-state index contributed by atoms with van der Waals surface area (Å²) in [5.41, 5.74) is 3.83. The zero-order valence-electron chi connectivity index (χ0n) is 17.7. The van der Waals surface area contributed by atoms with Gasteiger partial charge in [0.2, 0.25) is 0 Å². The lowest BCUT2D eigenvalue weighted by molar-refractivity contribution is 0.0758. The van der Waals surface area contributed by atoms with Crippen LogP contribution in [0.1, 0.15) is 28.4 Å². The Hall–Kier alpha value is -3.53. The minimum absolute atomic E-state index is 0.0723. The molecule has 0 saturated carbocycles. The zero-order chi connectivity index (χ0) is 21.3. The Kier molecular flexibility index (Phi) is 7.28. The van der Waals surface area contributed by atoms with E-state index in [2.05, 4.69) is 18.2 Å². The Labute approximate surface area is 178 Å². The summed E-state index contributed by atoms with van der Waals surface area (Å²) in [6.07, 6.45) is 2.11. The summed E-state index contributed by atoms with van der Waals surface area (Å²) in [4.78, 5) is 15.3. The molecule has 0 N–H and O–H groups in total. The topological polar surface area (TPSA) is 38.8 Å². The number of rotatable bonds is 8. The molecular weight excluding hydrogens is 374 g/mol. The second kappa shape index (κ2) is 10.3. The molecule has 3 rings (SSSR count). The maximum atomic E-state index is 13.5. The maximum Gasteiger partial charge on any atom is 0.254 e. The normalized spacial score (nSPS) is 11.1. The highest BCUT2D eigenvalue weighted by Gasteiger charge is 2.18. The highest BCUT2D eigenvalue weighted by molar-refractivity contribution is 5.95. The second-order valence-electron chi connectivity index (χ2n) is 7.15. The lowest BCUT2D eigenvalue weighted by Gasteiger charge is -2.24. The molecule has 0 saturated heterocycles. The molecule has 154 valence electrons. The average molecular weight is 402 g/mol. The summed E-state index contributed by atoms with van der Waals surface area (Å²) in [5, 5.41) is 0. The van der Waals surface area contributed by atoms with Crippen molar-refractivity contribution in [3.05, 3.63) is 101 Å². The molecule has 0 unspecified atom stereocenters. The summed E-state index contributed by atoms with van der Waals surface area (Å²) in [6, 6.07) is 25.4. The summed E-state index contributed by atoms with van der Waals surface area (Å²) >= 11 is 0. The van der Waals surface area contributed by atoms with Crippen LogP contribution in [0.15, 0.2) is 84.4 Å². The minimum Gasteiger partial charge on any atom is -0.497 e. The predicted molar refractivity (Wildman–Crippen MR) is 121 cm³/mol. The Morgan fingerprint density at radius 1 is 0.867 bits per heavy atom.